The molecule has 2 aromatic heterocycles. The Morgan fingerprint density at radius 3 is 2.26 bits per heavy atom. The van der Waals surface area contributed by atoms with Crippen molar-refractivity contribution in [2.75, 3.05) is 13.1 Å². The molecule has 0 saturated carbocycles. The van der Waals surface area contributed by atoms with Gasteiger partial charge in [-0.3, -0.25) is 5.10 Å². The summed E-state index contributed by atoms with van der Waals surface area (Å²) >= 11 is 1.74. The number of aromatic amines is 1. The van der Waals surface area contributed by atoms with Crippen molar-refractivity contribution in [2.45, 2.75) is 51.3 Å². The molecule has 0 aliphatic carbocycles. The van der Waals surface area contributed by atoms with E-state index in [-0.39, 0.29) is 0 Å². The van der Waals surface area contributed by atoms with Crippen LogP contribution in [0.3, 0.4) is 0 Å². The van der Waals surface area contributed by atoms with E-state index in [1.54, 1.807) is 29.5 Å². The molecule has 1 saturated heterocycles. The van der Waals surface area contributed by atoms with Gasteiger partial charge in [-0.1, -0.05) is 0 Å². The Morgan fingerprint density at radius 2 is 1.78 bits per heavy atom. The van der Waals surface area contributed by atoms with Crippen LogP contribution in [0.1, 0.15) is 45.7 Å². The summed E-state index contributed by atoms with van der Waals surface area (Å²) in [6.07, 6.45) is 1.64. The van der Waals surface area contributed by atoms with Crippen LogP contribution in [0.4, 0.5) is 0 Å². The molecular weight excluding hydrogens is 332 g/mol. The third-order valence-corrected chi connectivity index (χ3v) is 7.90. The fraction of sp³-hybridized carbons (Fsp3) is 0.600. The van der Waals surface area contributed by atoms with Crippen LogP contribution in [-0.2, 0) is 10.0 Å². The monoisotopic (exact) mass is 354 g/mol. The molecule has 0 bridgehead atoms. The fourth-order valence-electron chi connectivity index (χ4n) is 3.07. The standard InChI is InChI=1S/C15H22N4O2S2/c1-9-12(4)22-15(16-9)13-5-7-19(8-6-13)23(20,21)14-10(2)17-18-11(14)3/h13H,5-8H2,1-4H3,(H,17,18). The lowest BCUT2D eigenvalue weighted by Gasteiger charge is -2.30. The molecule has 0 radical (unpaired) electrons. The maximum Gasteiger partial charge on any atom is 0.246 e. The van der Waals surface area contributed by atoms with Crippen molar-refractivity contribution in [1.29, 1.82) is 0 Å². The lowest BCUT2D eigenvalue weighted by atomic mass is 9.99. The molecule has 8 heteroatoms. The molecule has 0 unspecified atom stereocenters. The molecule has 1 fully saturated rings. The van der Waals surface area contributed by atoms with E-state index in [1.165, 1.54) is 4.88 Å². The highest BCUT2D eigenvalue weighted by molar-refractivity contribution is 7.89. The van der Waals surface area contributed by atoms with Gasteiger partial charge in [-0.2, -0.15) is 9.40 Å². The van der Waals surface area contributed by atoms with E-state index in [1.807, 2.05) is 6.92 Å². The third kappa shape index (κ3) is 2.95. The summed E-state index contributed by atoms with van der Waals surface area (Å²) < 4.78 is 27.3. The van der Waals surface area contributed by atoms with E-state index in [2.05, 4.69) is 22.1 Å². The fourth-order valence-corrected chi connectivity index (χ4v) is 5.96. The molecule has 23 heavy (non-hydrogen) atoms. The Balaban J connectivity index is 1.76. The number of nitrogens with zero attached hydrogens (tertiary/aromatic N) is 3. The maximum absolute atomic E-state index is 12.8. The van der Waals surface area contributed by atoms with Gasteiger partial charge < -0.3 is 0 Å². The van der Waals surface area contributed by atoms with Crippen LogP contribution in [0.2, 0.25) is 0 Å². The van der Waals surface area contributed by atoms with Gasteiger partial charge in [0.05, 0.1) is 22.1 Å². The SMILES string of the molecule is Cc1nc(C2CCN(S(=O)(=O)c3c(C)n[nH]c3C)CC2)sc1C. The molecule has 3 rings (SSSR count). The first-order valence-corrected chi connectivity index (χ1v) is 10.0. The summed E-state index contributed by atoms with van der Waals surface area (Å²) in [7, 11) is -3.47. The van der Waals surface area contributed by atoms with Gasteiger partial charge in [-0.05, 0) is 40.5 Å². The second kappa shape index (κ2) is 5.99. The summed E-state index contributed by atoms with van der Waals surface area (Å²) in [5.41, 5.74) is 2.23. The minimum absolute atomic E-state index is 0.330. The number of hydrogen-bond acceptors (Lipinski definition) is 5. The van der Waals surface area contributed by atoms with Crippen LogP contribution < -0.4 is 0 Å². The Bertz CT molecular complexity index is 776. The van der Waals surface area contributed by atoms with E-state index in [0.717, 1.165) is 23.5 Å². The number of nitrogens with one attached hydrogen (secondary N) is 1. The van der Waals surface area contributed by atoms with Crippen LogP contribution in [-0.4, -0.2) is 41.0 Å². The maximum atomic E-state index is 12.8. The summed E-state index contributed by atoms with van der Waals surface area (Å²) in [5, 5.41) is 7.92. The van der Waals surface area contributed by atoms with E-state index < -0.39 is 10.0 Å². The molecule has 1 aliphatic heterocycles. The predicted octanol–water partition coefficient (Wildman–Crippen LogP) is 2.67. The highest BCUT2D eigenvalue weighted by Gasteiger charge is 2.33. The van der Waals surface area contributed by atoms with E-state index in [4.69, 9.17) is 0 Å². The molecule has 2 aromatic rings. The zero-order valence-corrected chi connectivity index (χ0v) is 15.5. The van der Waals surface area contributed by atoms with Crippen LogP contribution in [0.25, 0.3) is 0 Å². The Kier molecular flexibility index (Phi) is 4.33. The zero-order chi connectivity index (χ0) is 16.8. The van der Waals surface area contributed by atoms with Crippen molar-refractivity contribution < 1.29 is 8.42 Å². The number of aromatic nitrogens is 3. The topological polar surface area (TPSA) is 79.0 Å². The van der Waals surface area contributed by atoms with Crippen LogP contribution in [0.15, 0.2) is 4.90 Å². The smallest absolute Gasteiger partial charge is 0.246 e. The number of hydrogen-bond donors (Lipinski definition) is 1. The molecule has 0 atom stereocenters. The molecule has 6 nitrogen and oxygen atoms in total. The molecule has 126 valence electrons. The van der Waals surface area contributed by atoms with Crippen molar-refractivity contribution in [2.24, 2.45) is 0 Å². The lowest BCUT2D eigenvalue weighted by molar-refractivity contribution is 0.319. The van der Waals surface area contributed by atoms with E-state index >= 15 is 0 Å². The average molecular weight is 355 g/mol. The van der Waals surface area contributed by atoms with Gasteiger partial charge >= 0.3 is 0 Å². The van der Waals surface area contributed by atoms with Crippen LogP contribution in [0, 0.1) is 27.7 Å². The van der Waals surface area contributed by atoms with Crippen LogP contribution >= 0.6 is 11.3 Å². The third-order valence-electron chi connectivity index (χ3n) is 4.51. The van der Waals surface area contributed by atoms with E-state index in [9.17, 15) is 8.42 Å². The molecule has 0 amide bonds. The number of piperidine rings is 1. The van der Waals surface area contributed by atoms with Gasteiger partial charge in [0.1, 0.15) is 4.90 Å². The van der Waals surface area contributed by atoms with E-state index in [0.29, 0.717) is 35.3 Å². The molecule has 1 aliphatic rings. The zero-order valence-electron chi connectivity index (χ0n) is 13.9. The first kappa shape index (κ1) is 16.6. The van der Waals surface area contributed by atoms with Gasteiger partial charge in [-0.15, -0.1) is 11.3 Å². The number of rotatable bonds is 3. The van der Waals surface area contributed by atoms with Crippen molar-refractivity contribution in [1.82, 2.24) is 19.5 Å². The second-order valence-corrected chi connectivity index (χ2v) is 9.24. The Hall–Kier alpha value is -1.25. The summed E-state index contributed by atoms with van der Waals surface area (Å²) in [6.45, 7) is 8.66. The second-order valence-electron chi connectivity index (χ2n) is 6.14. The molecule has 3 heterocycles. The normalized spacial score (nSPS) is 17.7. The molecular formula is C15H22N4O2S2. The Labute approximate surface area is 141 Å². The number of sulfonamides is 1. The Morgan fingerprint density at radius 1 is 1.13 bits per heavy atom. The van der Waals surface area contributed by atoms with Crippen molar-refractivity contribution in [3.63, 3.8) is 0 Å². The molecule has 0 aromatic carbocycles. The van der Waals surface area contributed by atoms with Crippen molar-refractivity contribution in [3.8, 4) is 0 Å². The minimum Gasteiger partial charge on any atom is -0.281 e. The van der Waals surface area contributed by atoms with Gasteiger partial charge in [0.25, 0.3) is 0 Å². The largest absolute Gasteiger partial charge is 0.281 e. The summed E-state index contributed by atoms with van der Waals surface area (Å²) in [6, 6.07) is 0. The van der Waals surface area contributed by atoms with Gasteiger partial charge in [0.15, 0.2) is 0 Å². The van der Waals surface area contributed by atoms with Gasteiger partial charge in [0, 0.05) is 23.9 Å². The summed E-state index contributed by atoms with van der Waals surface area (Å²) in [4.78, 5) is 6.21. The number of H-pyrrole nitrogens is 1. The lowest BCUT2D eigenvalue weighted by Crippen LogP contribution is -2.38. The van der Waals surface area contributed by atoms with Gasteiger partial charge in [0.2, 0.25) is 10.0 Å². The van der Waals surface area contributed by atoms with Crippen LogP contribution in [0.5, 0.6) is 0 Å². The highest BCUT2D eigenvalue weighted by atomic mass is 32.2. The van der Waals surface area contributed by atoms with Crippen molar-refractivity contribution >= 4 is 21.4 Å². The predicted molar refractivity (Wildman–Crippen MR) is 90.4 cm³/mol. The average Bonchev–Trinajstić information content (AvgIpc) is 3.02. The van der Waals surface area contributed by atoms with Crippen molar-refractivity contribution in [3.05, 3.63) is 27.0 Å². The number of aryl methyl sites for hydroxylation is 4. The quantitative estimate of drug-likeness (QED) is 0.919. The first-order valence-electron chi connectivity index (χ1n) is 7.76. The first-order chi connectivity index (χ1) is 10.8. The molecule has 1 N–H and O–H groups in total. The minimum atomic E-state index is -3.47. The highest BCUT2D eigenvalue weighted by Crippen LogP contribution is 2.34. The molecule has 0 spiro atoms. The number of thiazole rings is 1. The summed E-state index contributed by atoms with van der Waals surface area (Å²) in [5.74, 6) is 0.366. The van der Waals surface area contributed by atoms with Gasteiger partial charge in [-0.25, -0.2) is 13.4 Å².